The summed E-state index contributed by atoms with van der Waals surface area (Å²) in [6.45, 7) is 0. The van der Waals surface area contributed by atoms with E-state index in [0.717, 1.165) is 45.1 Å². The molecule has 0 radical (unpaired) electrons. The Kier molecular flexibility index (Phi) is 9.34. The summed E-state index contributed by atoms with van der Waals surface area (Å²) in [5, 5.41) is 17.0. The largest absolute Gasteiger partial charge is 0.497 e. The van der Waals surface area contributed by atoms with Gasteiger partial charge in [0.15, 0.2) is 0 Å². The van der Waals surface area contributed by atoms with Crippen molar-refractivity contribution in [2.45, 2.75) is 5.22 Å². The second-order valence-electron chi connectivity index (χ2n) is 9.25. The lowest BCUT2D eigenvalue weighted by Gasteiger charge is -2.06. The van der Waals surface area contributed by atoms with E-state index in [4.69, 9.17) is 9.15 Å². The van der Waals surface area contributed by atoms with Gasteiger partial charge in [0.1, 0.15) is 22.3 Å². The van der Waals surface area contributed by atoms with Crippen LogP contribution >= 0.6 is 35.0 Å². The molecule has 3 aromatic heterocycles. The standard InChI is InChI=1S/C16H11N5O2S2.C15H12N2O2S/c22-13(17-11-7-4-8-12-14(11)21-25-20-12)9-24-16-19-18-15(23-16)10-5-2-1-3-6-10;1-19-12-7-5-10(6-8-12)15(18)16-13-4-2-3-11-9-20-17-14(11)13/h1-8H,9H2,(H,17,22);2-9H,1H3,(H,16,18). The SMILES string of the molecule is COc1ccc(C(=O)Nc2cccc3csnc23)cc1.O=C(CSc1nnc(-c2ccccc2)o1)Nc1cccc2nsnc12. The minimum Gasteiger partial charge on any atom is -0.497 e. The fourth-order valence-electron chi connectivity index (χ4n) is 4.12. The molecule has 2 amide bonds. The Morgan fingerprint density at radius 1 is 0.822 bits per heavy atom. The van der Waals surface area contributed by atoms with Crippen molar-refractivity contribution >= 4 is 80.1 Å². The third-order valence-electron chi connectivity index (χ3n) is 6.31. The van der Waals surface area contributed by atoms with E-state index in [1.165, 1.54) is 23.3 Å². The van der Waals surface area contributed by atoms with Crippen molar-refractivity contribution in [1.82, 2.24) is 23.3 Å². The van der Waals surface area contributed by atoms with E-state index in [9.17, 15) is 9.59 Å². The summed E-state index contributed by atoms with van der Waals surface area (Å²) in [6, 6.07) is 27.7. The van der Waals surface area contributed by atoms with Crippen LogP contribution in [0, 0.1) is 0 Å². The molecular formula is C31H23N7O4S3. The molecule has 0 aliphatic rings. The van der Waals surface area contributed by atoms with Crippen molar-refractivity contribution in [3.05, 3.63) is 102 Å². The Morgan fingerprint density at radius 2 is 1.60 bits per heavy atom. The number of fused-ring (bicyclic) bond motifs is 2. The van der Waals surface area contributed by atoms with Crippen LogP contribution in [0.4, 0.5) is 11.4 Å². The molecule has 0 fully saturated rings. The van der Waals surface area contributed by atoms with Gasteiger partial charge in [-0.05, 0) is 66.1 Å². The van der Waals surface area contributed by atoms with Crippen molar-refractivity contribution in [3.8, 4) is 17.2 Å². The van der Waals surface area contributed by atoms with Crippen LogP contribution in [0.1, 0.15) is 10.4 Å². The summed E-state index contributed by atoms with van der Waals surface area (Å²) >= 11 is 3.68. The molecule has 45 heavy (non-hydrogen) atoms. The van der Waals surface area contributed by atoms with Gasteiger partial charge in [-0.1, -0.05) is 48.2 Å². The van der Waals surface area contributed by atoms with Gasteiger partial charge in [0, 0.05) is 21.9 Å². The van der Waals surface area contributed by atoms with Crippen molar-refractivity contribution in [3.63, 3.8) is 0 Å². The number of carbonyl (C=O) groups excluding carboxylic acids is 2. The summed E-state index contributed by atoms with van der Waals surface area (Å²) in [6.07, 6.45) is 0. The normalized spacial score (nSPS) is 10.7. The summed E-state index contributed by atoms with van der Waals surface area (Å²) in [5.74, 6) is 0.979. The molecule has 7 rings (SSSR count). The number of rotatable bonds is 8. The van der Waals surface area contributed by atoms with E-state index >= 15 is 0 Å². The summed E-state index contributed by atoms with van der Waals surface area (Å²) in [4.78, 5) is 24.4. The molecule has 2 N–H and O–H groups in total. The topological polar surface area (TPSA) is 145 Å². The number of amides is 2. The smallest absolute Gasteiger partial charge is 0.277 e. The van der Waals surface area contributed by atoms with E-state index in [2.05, 4.69) is 34.0 Å². The van der Waals surface area contributed by atoms with E-state index < -0.39 is 0 Å². The number of benzene rings is 4. The monoisotopic (exact) mass is 653 g/mol. The highest BCUT2D eigenvalue weighted by atomic mass is 32.2. The molecule has 4 aromatic carbocycles. The van der Waals surface area contributed by atoms with Crippen LogP contribution in [0.2, 0.25) is 0 Å². The fourth-order valence-corrected chi connectivity index (χ4v) is 5.90. The molecule has 0 atom stereocenters. The van der Waals surface area contributed by atoms with Crippen LogP contribution in [-0.2, 0) is 4.79 Å². The number of hydrogen-bond donors (Lipinski definition) is 2. The first-order chi connectivity index (χ1) is 22.1. The molecule has 0 saturated heterocycles. The molecule has 0 bridgehead atoms. The first kappa shape index (κ1) is 29.9. The molecule has 11 nitrogen and oxygen atoms in total. The van der Waals surface area contributed by atoms with Crippen LogP contribution in [0.5, 0.6) is 5.75 Å². The predicted octanol–water partition coefficient (Wildman–Crippen LogP) is 7.03. The minimum absolute atomic E-state index is 0.157. The number of thioether (sulfide) groups is 1. The summed E-state index contributed by atoms with van der Waals surface area (Å²) < 4.78 is 23.3. The highest BCUT2D eigenvalue weighted by Gasteiger charge is 2.13. The average Bonchev–Trinajstić information content (AvgIpc) is 3.87. The molecule has 0 saturated carbocycles. The maximum atomic E-state index is 12.2. The molecule has 0 spiro atoms. The molecule has 224 valence electrons. The zero-order valence-corrected chi connectivity index (χ0v) is 26.0. The third-order valence-corrected chi connectivity index (χ3v) is 8.31. The molecule has 0 aliphatic carbocycles. The number of hydrogen-bond acceptors (Lipinski definition) is 12. The van der Waals surface area contributed by atoms with Gasteiger partial charge in [0.05, 0.1) is 36.0 Å². The second kappa shape index (κ2) is 14.1. The van der Waals surface area contributed by atoms with Crippen molar-refractivity contribution < 1.29 is 18.7 Å². The number of carbonyl (C=O) groups is 2. The minimum atomic E-state index is -0.176. The van der Waals surface area contributed by atoms with Gasteiger partial charge >= 0.3 is 0 Å². The Bertz CT molecular complexity index is 2060. The fraction of sp³-hybridized carbons (Fsp3) is 0.0645. The molecular weight excluding hydrogens is 631 g/mol. The van der Waals surface area contributed by atoms with E-state index in [0.29, 0.717) is 27.9 Å². The number of nitrogens with zero attached hydrogens (tertiary/aromatic N) is 5. The highest BCUT2D eigenvalue weighted by molar-refractivity contribution is 7.99. The number of ether oxygens (including phenoxy) is 1. The van der Waals surface area contributed by atoms with Gasteiger partial charge in [0.2, 0.25) is 11.8 Å². The quantitative estimate of drug-likeness (QED) is 0.164. The van der Waals surface area contributed by atoms with Crippen LogP contribution in [0.15, 0.2) is 106 Å². The third kappa shape index (κ3) is 7.32. The van der Waals surface area contributed by atoms with Gasteiger partial charge in [-0.2, -0.15) is 13.1 Å². The van der Waals surface area contributed by atoms with Crippen LogP contribution < -0.4 is 15.4 Å². The Labute approximate surface area is 269 Å². The lowest BCUT2D eigenvalue weighted by Crippen LogP contribution is -2.14. The van der Waals surface area contributed by atoms with Gasteiger partial charge in [-0.15, -0.1) is 10.2 Å². The second-order valence-corrected chi connectivity index (χ2v) is 11.3. The Balaban J connectivity index is 0.000000163. The number of anilines is 2. The lowest BCUT2D eigenvalue weighted by atomic mass is 10.2. The molecule has 3 heterocycles. The Morgan fingerprint density at radius 3 is 2.40 bits per heavy atom. The Hall–Kier alpha value is -5.18. The van der Waals surface area contributed by atoms with E-state index in [1.54, 1.807) is 37.4 Å². The van der Waals surface area contributed by atoms with Gasteiger partial charge < -0.3 is 19.8 Å². The molecule has 0 aliphatic heterocycles. The van der Waals surface area contributed by atoms with Gasteiger partial charge in [-0.25, -0.2) is 0 Å². The van der Waals surface area contributed by atoms with Crippen molar-refractivity contribution in [2.24, 2.45) is 0 Å². The highest BCUT2D eigenvalue weighted by Crippen LogP contribution is 2.26. The van der Waals surface area contributed by atoms with Crippen molar-refractivity contribution in [1.29, 1.82) is 0 Å². The van der Waals surface area contributed by atoms with E-state index in [1.807, 2.05) is 66.0 Å². The zero-order chi connectivity index (χ0) is 31.0. The van der Waals surface area contributed by atoms with Crippen molar-refractivity contribution in [2.75, 3.05) is 23.5 Å². The lowest BCUT2D eigenvalue weighted by molar-refractivity contribution is -0.113. The zero-order valence-electron chi connectivity index (χ0n) is 23.5. The summed E-state index contributed by atoms with van der Waals surface area (Å²) in [5.41, 5.74) is 5.07. The summed E-state index contributed by atoms with van der Waals surface area (Å²) in [7, 11) is 1.60. The van der Waals surface area contributed by atoms with Crippen LogP contribution in [0.25, 0.3) is 33.4 Å². The molecule has 7 aromatic rings. The van der Waals surface area contributed by atoms with Crippen LogP contribution in [0.3, 0.4) is 0 Å². The van der Waals surface area contributed by atoms with Gasteiger partial charge in [-0.3, -0.25) is 9.59 Å². The number of methoxy groups -OCH3 is 1. The average molecular weight is 654 g/mol. The maximum Gasteiger partial charge on any atom is 0.277 e. The molecule has 0 unspecified atom stereocenters. The molecule has 14 heteroatoms. The van der Waals surface area contributed by atoms with E-state index in [-0.39, 0.29) is 17.6 Å². The predicted molar refractivity (Wildman–Crippen MR) is 177 cm³/mol. The number of nitrogens with one attached hydrogen (secondary N) is 2. The maximum absolute atomic E-state index is 12.2. The van der Waals surface area contributed by atoms with Gasteiger partial charge in [0.25, 0.3) is 11.1 Å². The first-order valence-corrected chi connectivity index (χ1v) is 15.9. The number of aromatic nitrogens is 5. The first-order valence-electron chi connectivity index (χ1n) is 13.4. The van der Waals surface area contributed by atoms with Crippen LogP contribution in [-0.4, -0.2) is 48.0 Å².